The first kappa shape index (κ1) is 12.7. The molecular weight excluding hydrogens is 218 g/mol. The van der Waals surface area contributed by atoms with E-state index in [1.807, 2.05) is 20.8 Å². The molecule has 0 bridgehead atoms. The molecule has 0 spiro atoms. The Morgan fingerprint density at radius 3 is 2.35 bits per heavy atom. The molecule has 2 aliphatic rings. The average Bonchev–Trinajstić information content (AvgIpc) is 2.02. The van der Waals surface area contributed by atoms with Crippen molar-refractivity contribution in [1.29, 1.82) is 0 Å². The van der Waals surface area contributed by atoms with Gasteiger partial charge in [-0.15, -0.1) is 0 Å². The minimum atomic E-state index is -0.402. The van der Waals surface area contributed by atoms with Gasteiger partial charge in [0.15, 0.2) is 0 Å². The predicted octanol–water partition coefficient (Wildman–Crippen LogP) is 1.87. The van der Waals surface area contributed by atoms with Crippen LogP contribution in [0.5, 0.6) is 0 Å². The van der Waals surface area contributed by atoms with Crippen LogP contribution in [0, 0.1) is 17.8 Å². The highest BCUT2D eigenvalue weighted by atomic mass is 16.6. The number of hydrogen-bond donors (Lipinski definition) is 1. The fraction of sp³-hybridized carbons (Fsp3) is 0.923. The summed E-state index contributed by atoms with van der Waals surface area (Å²) in [5.41, 5.74) is -0.402. The maximum atomic E-state index is 11.7. The van der Waals surface area contributed by atoms with Crippen LogP contribution in [0.25, 0.3) is 0 Å². The van der Waals surface area contributed by atoms with Gasteiger partial charge in [0.2, 0.25) is 0 Å². The number of aliphatic hydroxyl groups excluding tert-OH is 1. The van der Waals surface area contributed by atoms with Crippen molar-refractivity contribution < 1.29 is 14.6 Å². The van der Waals surface area contributed by atoms with E-state index in [4.69, 9.17) is 9.84 Å². The molecule has 1 saturated carbocycles. The first-order chi connectivity index (χ1) is 7.89. The SMILES string of the molecule is CC(C)(C)OC(=O)N1CC(C2CC(CO)C2)C1. The van der Waals surface area contributed by atoms with Crippen LogP contribution < -0.4 is 0 Å². The Hall–Kier alpha value is -0.770. The van der Waals surface area contributed by atoms with Crippen molar-refractivity contribution in [3.05, 3.63) is 0 Å². The van der Waals surface area contributed by atoms with E-state index in [0.29, 0.717) is 24.4 Å². The van der Waals surface area contributed by atoms with Crippen LogP contribution in [0.15, 0.2) is 0 Å². The summed E-state index contributed by atoms with van der Waals surface area (Å²) in [6.07, 6.45) is 2.07. The molecule has 1 amide bonds. The van der Waals surface area contributed by atoms with E-state index in [0.717, 1.165) is 25.9 Å². The minimum absolute atomic E-state index is 0.188. The molecular formula is C13H23NO3. The summed E-state index contributed by atoms with van der Waals surface area (Å²) >= 11 is 0. The zero-order valence-corrected chi connectivity index (χ0v) is 11.0. The van der Waals surface area contributed by atoms with Gasteiger partial charge in [-0.1, -0.05) is 0 Å². The molecule has 1 aliphatic heterocycles. The molecule has 0 aromatic heterocycles. The summed E-state index contributed by atoms with van der Waals surface area (Å²) in [5, 5.41) is 8.96. The van der Waals surface area contributed by atoms with Gasteiger partial charge >= 0.3 is 6.09 Å². The molecule has 0 aromatic rings. The van der Waals surface area contributed by atoms with Gasteiger partial charge < -0.3 is 14.7 Å². The van der Waals surface area contributed by atoms with Gasteiger partial charge in [-0.25, -0.2) is 4.79 Å². The number of carbonyl (C=O) groups excluding carboxylic acids is 1. The highest BCUT2D eigenvalue weighted by Crippen LogP contribution is 2.42. The summed E-state index contributed by atoms with van der Waals surface area (Å²) in [5.74, 6) is 1.85. The van der Waals surface area contributed by atoms with Gasteiger partial charge in [0.1, 0.15) is 5.60 Å². The minimum Gasteiger partial charge on any atom is -0.444 e. The topological polar surface area (TPSA) is 49.8 Å². The van der Waals surface area contributed by atoms with Crippen molar-refractivity contribution in [1.82, 2.24) is 4.90 Å². The smallest absolute Gasteiger partial charge is 0.410 e. The second kappa shape index (κ2) is 4.48. The second-order valence-electron chi connectivity index (χ2n) is 6.43. The van der Waals surface area contributed by atoms with E-state index < -0.39 is 5.60 Å². The number of carbonyl (C=O) groups is 1. The fourth-order valence-electron chi connectivity index (χ4n) is 2.61. The van der Waals surface area contributed by atoms with Crippen LogP contribution in [0.2, 0.25) is 0 Å². The van der Waals surface area contributed by atoms with E-state index in [9.17, 15) is 4.79 Å². The number of hydrogen-bond acceptors (Lipinski definition) is 3. The van der Waals surface area contributed by atoms with E-state index in [1.165, 1.54) is 0 Å². The summed E-state index contributed by atoms with van der Waals surface area (Å²) in [4.78, 5) is 13.5. The monoisotopic (exact) mass is 241 g/mol. The highest BCUT2D eigenvalue weighted by molar-refractivity contribution is 5.69. The van der Waals surface area contributed by atoms with Crippen LogP contribution in [0.4, 0.5) is 4.79 Å². The van der Waals surface area contributed by atoms with Gasteiger partial charge in [0.05, 0.1) is 0 Å². The number of amides is 1. The van der Waals surface area contributed by atoms with Crippen LogP contribution in [-0.4, -0.2) is 41.4 Å². The molecule has 1 heterocycles. The first-order valence-corrected chi connectivity index (χ1v) is 6.48. The van der Waals surface area contributed by atoms with E-state index >= 15 is 0 Å². The molecule has 1 N–H and O–H groups in total. The first-order valence-electron chi connectivity index (χ1n) is 6.48. The summed E-state index contributed by atoms with van der Waals surface area (Å²) in [6, 6.07) is 0. The zero-order chi connectivity index (χ0) is 12.6. The normalized spacial score (nSPS) is 29.5. The van der Waals surface area contributed by atoms with Crippen molar-refractivity contribution in [2.45, 2.75) is 39.2 Å². The third-order valence-electron chi connectivity index (χ3n) is 3.76. The Labute approximate surface area is 103 Å². The van der Waals surface area contributed by atoms with Gasteiger partial charge in [-0.05, 0) is 51.4 Å². The molecule has 98 valence electrons. The maximum Gasteiger partial charge on any atom is 0.410 e. The molecule has 17 heavy (non-hydrogen) atoms. The van der Waals surface area contributed by atoms with E-state index in [-0.39, 0.29) is 6.09 Å². The van der Waals surface area contributed by atoms with Crippen LogP contribution in [0.3, 0.4) is 0 Å². The van der Waals surface area contributed by atoms with E-state index in [2.05, 4.69) is 0 Å². The van der Waals surface area contributed by atoms with Crippen molar-refractivity contribution in [3.8, 4) is 0 Å². The Morgan fingerprint density at radius 2 is 1.88 bits per heavy atom. The Morgan fingerprint density at radius 1 is 1.29 bits per heavy atom. The number of rotatable bonds is 2. The van der Waals surface area contributed by atoms with Gasteiger partial charge in [-0.2, -0.15) is 0 Å². The number of nitrogens with zero attached hydrogens (tertiary/aromatic N) is 1. The average molecular weight is 241 g/mol. The second-order valence-corrected chi connectivity index (χ2v) is 6.43. The highest BCUT2D eigenvalue weighted by Gasteiger charge is 2.42. The molecule has 0 radical (unpaired) electrons. The largest absolute Gasteiger partial charge is 0.444 e. The Kier molecular flexibility index (Phi) is 3.34. The Bertz CT molecular complexity index is 286. The molecule has 1 saturated heterocycles. The van der Waals surface area contributed by atoms with Gasteiger partial charge in [0.25, 0.3) is 0 Å². The molecule has 4 nitrogen and oxygen atoms in total. The third-order valence-corrected chi connectivity index (χ3v) is 3.76. The predicted molar refractivity (Wildman–Crippen MR) is 64.6 cm³/mol. The third kappa shape index (κ3) is 2.92. The molecule has 2 rings (SSSR count). The lowest BCUT2D eigenvalue weighted by Gasteiger charge is -2.48. The van der Waals surface area contributed by atoms with Gasteiger partial charge in [-0.3, -0.25) is 0 Å². The lowest BCUT2D eigenvalue weighted by Crippen LogP contribution is -2.56. The summed E-state index contributed by atoms with van der Waals surface area (Å²) < 4.78 is 5.31. The molecule has 1 aliphatic carbocycles. The molecule has 4 heteroatoms. The summed E-state index contributed by atoms with van der Waals surface area (Å²) in [7, 11) is 0. The van der Waals surface area contributed by atoms with Crippen LogP contribution in [0.1, 0.15) is 33.6 Å². The van der Waals surface area contributed by atoms with E-state index in [1.54, 1.807) is 4.90 Å². The number of aliphatic hydroxyl groups is 1. The lowest BCUT2D eigenvalue weighted by molar-refractivity contribution is -0.0345. The number of ether oxygens (including phenoxy) is 1. The zero-order valence-electron chi connectivity index (χ0n) is 11.0. The molecule has 0 aromatic carbocycles. The quantitative estimate of drug-likeness (QED) is 0.803. The van der Waals surface area contributed by atoms with Crippen LogP contribution >= 0.6 is 0 Å². The molecule has 0 atom stereocenters. The number of likely N-dealkylation sites (tertiary alicyclic amines) is 1. The molecule has 2 fully saturated rings. The van der Waals surface area contributed by atoms with Crippen molar-refractivity contribution in [2.24, 2.45) is 17.8 Å². The molecule has 0 unspecified atom stereocenters. The van der Waals surface area contributed by atoms with Crippen LogP contribution in [-0.2, 0) is 4.74 Å². The van der Waals surface area contributed by atoms with Crippen molar-refractivity contribution >= 4 is 6.09 Å². The maximum absolute atomic E-state index is 11.7. The summed E-state index contributed by atoms with van der Waals surface area (Å²) in [6.45, 7) is 7.65. The van der Waals surface area contributed by atoms with Crippen molar-refractivity contribution in [3.63, 3.8) is 0 Å². The van der Waals surface area contributed by atoms with Crippen molar-refractivity contribution in [2.75, 3.05) is 19.7 Å². The standard InChI is InChI=1S/C13H23NO3/c1-13(2,3)17-12(16)14-6-11(7-14)10-4-9(5-10)8-15/h9-11,15H,4-8H2,1-3H3. The fourth-order valence-corrected chi connectivity index (χ4v) is 2.61. The lowest BCUT2D eigenvalue weighted by atomic mass is 9.66. The van der Waals surface area contributed by atoms with Gasteiger partial charge in [0, 0.05) is 19.7 Å². The Balaban J connectivity index is 1.67.